The number of rotatable bonds is 6. The molecule has 3 rings (SSSR count). The zero-order valence-corrected chi connectivity index (χ0v) is 14.8. The van der Waals surface area contributed by atoms with Crippen LogP contribution in [0.25, 0.3) is 0 Å². The maximum Gasteiger partial charge on any atom is 0.206 e. The number of nitrogens with two attached hydrogens (primary N) is 1. The second kappa shape index (κ2) is 7.36. The lowest BCUT2D eigenvalue weighted by Crippen LogP contribution is -2.05. The van der Waals surface area contributed by atoms with Gasteiger partial charge < -0.3 is 15.8 Å². The predicted octanol–water partition coefficient (Wildman–Crippen LogP) is 4.49. The number of nitrogen functional groups attached to an aromatic ring is 1. The number of thiazole rings is 1. The third kappa shape index (κ3) is 4.16. The van der Waals surface area contributed by atoms with Gasteiger partial charge in [0.1, 0.15) is 16.4 Å². The minimum Gasteiger partial charge on any atom is -0.491 e. The number of hydrogen-bond acceptors (Lipinski definition) is 6. The number of anilines is 3. The summed E-state index contributed by atoms with van der Waals surface area (Å²) in [5.41, 5.74) is 7.38. The number of carbonyl (C=O) groups excluding carboxylic acids is 1. The predicted molar refractivity (Wildman–Crippen MR) is 102 cm³/mol. The van der Waals surface area contributed by atoms with E-state index in [0.717, 1.165) is 11.4 Å². The Morgan fingerprint density at radius 3 is 2.44 bits per heavy atom. The number of carbonyl (C=O) groups is 1. The van der Waals surface area contributed by atoms with E-state index in [4.69, 9.17) is 10.5 Å². The van der Waals surface area contributed by atoms with Gasteiger partial charge in [-0.15, -0.1) is 0 Å². The standard InChI is InChI=1S/C19H19N3O2S/c1-12(2)24-15-10-8-14(9-11-15)21-19-22-18(20)17(25-19)16(23)13-6-4-3-5-7-13/h3-12H,20H2,1-2H3,(H,21,22). The lowest BCUT2D eigenvalue weighted by atomic mass is 10.1. The van der Waals surface area contributed by atoms with Gasteiger partial charge in [0.05, 0.1) is 6.10 Å². The van der Waals surface area contributed by atoms with Crippen molar-refractivity contribution in [1.82, 2.24) is 4.98 Å². The van der Waals surface area contributed by atoms with Gasteiger partial charge in [-0.3, -0.25) is 4.79 Å². The van der Waals surface area contributed by atoms with Gasteiger partial charge in [-0.05, 0) is 38.1 Å². The number of aromatic nitrogens is 1. The van der Waals surface area contributed by atoms with E-state index in [1.165, 1.54) is 11.3 Å². The quantitative estimate of drug-likeness (QED) is 0.639. The Kier molecular flexibility index (Phi) is 5.00. The summed E-state index contributed by atoms with van der Waals surface area (Å²) in [6.45, 7) is 3.96. The van der Waals surface area contributed by atoms with Crippen LogP contribution in [-0.2, 0) is 0 Å². The fourth-order valence-electron chi connectivity index (χ4n) is 2.28. The highest BCUT2D eigenvalue weighted by atomic mass is 32.1. The third-order valence-corrected chi connectivity index (χ3v) is 4.36. The zero-order valence-electron chi connectivity index (χ0n) is 14.0. The first kappa shape index (κ1) is 17.0. The van der Waals surface area contributed by atoms with E-state index < -0.39 is 0 Å². The maximum absolute atomic E-state index is 12.5. The largest absolute Gasteiger partial charge is 0.491 e. The molecule has 0 spiro atoms. The molecule has 0 fully saturated rings. The summed E-state index contributed by atoms with van der Waals surface area (Å²) in [6, 6.07) is 16.6. The van der Waals surface area contributed by atoms with Gasteiger partial charge in [-0.25, -0.2) is 4.98 Å². The van der Waals surface area contributed by atoms with Crippen LogP contribution < -0.4 is 15.8 Å². The number of ether oxygens (including phenoxy) is 1. The van der Waals surface area contributed by atoms with Gasteiger partial charge in [0.25, 0.3) is 0 Å². The van der Waals surface area contributed by atoms with Crippen molar-refractivity contribution < 1.29 is 9.53 Å². The monoisotopic (exact) mass is 353 g/mol. The van der Waals surface area contributed by atoms with Crippen LogP contribution in [0.3, 0.4) is 0 Å². The Morgan fingerprint density at radius 1 is 1.12 bits per heavy atom. The molecule has 0 unspecified atom stereocenters. The summed E-state index contributed by atoms with van der Waals surface area (Å²) in [6.07, 6.45) is 0.129. The van der Waals surface area contributed by atoms with Gasteiger partial charge in [0.2, 0.25) is 5.78 Å². The van der Waals surface area contributed by atoms with Crippen molar-refractivity contribution in [3.05, 3.63) is 65.0 Å². The second-order valence-electron chi connectivity index (χ2n) is 5.74. The summed E-state index contributed by atoms with van der Waals surface area (Å²) < 4.78 is 5.62. The molecule has 2 aromatic carbocycles. The highest BCUT2D eigenvalue weighted by Gasteiger charge is 2.17. The first-order valence-electron chi connectivity index (χ1n) is 7.92. The topological polar surface area (TPSA) is 77.2 Å². The molecule has 0 aliphatic heterocycles. The number of benzene rings is 2. The minimum atomic E-state index is -0.121. The van der Waals surface area contributed by atoms with Crippen molar-refractivity contribution in [3.63, 3.8) is 0 Å². The van der Waals surface area contributed by atoms with Gasteiger partial charge in [-0.2, -0.15) is 0 Å². The molecule has 0 radical (unpaired) electrons. The molecule has 1 aromatic heterocycles. The second-order valence-corrected chi connectivity index (χ2v) is 6.74. The summed E-state index contributed by atoms with van der Waals surface area (Å²) in [5.74, 6) is 0.921. The molecular formula is C19H19N3O2S. The number of nitrogens with zero attached hydrogens (tertiary/aromatic N) is 1. The van der Waals surface area contributed by atoms with Crippen molar-refractivity contribution in [1.29, 1.82) is 0 Å². The van der Waals surface area contributed by atoms with Gasteiger partial charge in [0.15, 0.2) is 5.13 Å². The molecule has 6 heteroatoms. The normalized spacial score (nSPS) is 10.7. The molecule has 3 N–H and O–H groups in total. The van der Waals surface area contributed by atoms with E-state index in [0.29, 0.717) is 15.6 Å². The summed E-state index contributed by atoms with van der Waals surface area (Å²) in [5, 5.41) is 3.75. The van der Waals surface area contributed by atoms with Gasteiger partial charge in [-0.1, -0.05) is 41.7 Å². The summed E-state index contributed by atoms with van der Waals surface area (Å²) in [7, 11) is 0. The molecule has 1 heterocycles. The smallest absolute Gasteiger partial charge is 0.206 e. The number of ketones is 1. The lowest BCUT2D eigenvalue weighted by Gasteiger charge is -2.10. The number of nitrogens with one attached hydrogen (secondary N) is 1. The third-order valence-electron chi connectivity index (χ3n) is 3.37. The van der Waals surface area contributed by atoms with Crippen LogP contribution in [0.5, 0.6) is 5.75 Å². The fourth-order valence-corrected chi connectivity index (χ4v) is 3.15. The molecule has 3 aromatic rings. The molecule has 5 nitrogen and oxygen atoms in total. The zero-order chi connectivity index (χ0) is 17.8. The van der Waals surface area contributed by atoms with Crippen molar-refractivity contribution >= 4 is 33.8 Å². The van der Waals surface area contributed by atoms with E-state index >= 15 is 0 Å². The van der Waals surface area contributed by atoms with Crippen LogP contribution in [0.1, 0.15) is 29.1 Å². The number of hydrogen-bond donors (Lipinski definition) is 2. The van der Waals surface area contributed by atoms with Crippen LogP contribution >= 0.6 is 11.3 Å². The van der Waals surface area contributed by atoms with E-state index in [1.54, 1.807) is 12.1 Å². The molecular weight excluding hydrogens is 334 g/mol. The van der Waals surface area contributed by atoms with Crippen LogP contribution in [-0.4, -0.2) is 16.9 Å². The van der Waals surface area contributed by atoms with Crippen molar-refractivity contribution in [2.45, 2.75) is 20.0 Å². The fraction of sp³-hybridized carbons (Fsp3) is 0.158. The Labute approximate surface area is 150 Å². The van der Waals surface area contributed by atoms with Crippen molar-refractivity contribution in [3.8, 4) is 5.75 Å². The molecule has 25 heavy (non-hydrogen) atoms. The van der Waals surface area contributed by atoms with Crippen LogP contribution in [0.4, 0.5) is 16.6 Å². The molecule has 0 amide bonds. The van der Waals surface area contributed by atoms with Crippen molar-refractivity contribution in [2.24, 2.45) is 0 Å². The highest BCUT2D eigenvalue weighted by molar-refractivity contribution is 7.18. The molecule has 0 aliphatic carbocycles. The SMILES string of the molecule is CC(C)Oc1ccc(Nc2nc(N)c(C(=O)c3ccccc3)s2)cc1. The molecule has 128 valence electrons. The van der Waals surface area contributed by atoms with Crippen LogP contribution in [0.2, 0.25) is 0 Å². The highest BCUT2D eigenvalue weighted by Crippen LogP contribution is 2.30. The molecule has 0 saturated carbocycles. The first-order valence-corrected chi connectivity index (χ1v) is 8.74. The van der Waals surface area contributed by atoms with E-state index in [2.05, 4.69) is 10.3 Å². The van der Waals surface area contributed by atoms with Gasteiger partial charge in [0, 0.05) is 11.3 Å². The Morgan fingerprint density at radius 2 is 1.80 bits per heavy atom. The van der Waals surface area contributed by atoms with Crippen molar-refractivity contribution in [2.75, 3.05) is 11.1 Å². The maximum atomic E-state index is 12.5. The average Bonchev–Trinajstić information content (AvgIpc) is 2.96. The average molecular weight is 353 g/mol. The van der Waals surface area contributed by atoms with E-state index in [9.17, 15) is 4.79 Å². The van der Waals surface area contributed by atoms with E-state index in [1.807, 2.05) is 56.3 Å². The van der Waals surface area contributed by atoms with Gasteiger partial charge >= 0.3 is 0 Å². The lowest BCUT2D eigenvalue weighted by molar-refractivity contribution is 0.104. The molecule has 0 saturated heterocycles. The molecule has 0 aliphatic rings. The summed E-state index contributed by atoms with van der Waals surface area (Å²) in [4.78, 5) is 17.2. The Balaban J connectivity index is 1.75. The Hall–Kier alpha value is -2.86. The van der Waals surface area contributed by atoms with Crippen LogP contribution in [0, 0.1) is 0 Å². The summed E-state index contributed by atoms with van der Waals surface area (Å²) >= 11 is 1.24. The first-order chi connectivity index (χ1) is 12.0. The van der Waals surface area contributed by atoms with Crippen LogP contribution in [0.15, 0.2) is 54.6 Å². The Bertz CT molecular complexity index is 858. The van der Waals surface area contributed by atoms with E-state index in [-0.39, 0.29) is 17.7 Å². The molecule has 0 atom stereocenters. The minimum absolute atomic E-state index is 0.121. The molecule has 0 bridgehead atoms.